The van der Waals surface area contributed by atoms with Crippen molar-refractivity contribution in [1.29, 1.82) is 0 Å². The maximum absolute atomic E-state index is 10.8. The molecule has 2 aliphatic rings. The van der Waals surface area contributed by atoms with Crippen LogP contribution in [0.2, 0.25) is 0 Å². The third-order valence-corrected chi connectivity index (χ3v) is 4.00. The minimum Gasteiger partial charge on any atom is -0.389 e. The Morgan fingerprint density at radius 1 is 1.40 bits per heavy atom. The highest BCUT2D eigenvalue weighted by atomic mass is 16.3. The molecule has 0 bridgehead atoms. The fraction of sp³-hybridized carbons (Fsp3) is 0.917. The third-order valence-electron chi connectivity index (χ3n) is 4.00. The van der Waals surface area contributed by atoms with Crippen molar-refractivity contribution in [3.05, 3.63) is 0 Å². The Hall–Kier alpha value is -0.410. The number of carbonyl (C=O) groups is 1. The van der Waals surface area contributed by atoms with E-state index in [4.69, 9.17) is 0 Å². The minimum atomic E-state index is -0.537. The quantitative estimate of drug-likeness (QED) is 0.698. The second-order valence-electron chi connectivity index (χ2n) is 5.30. The third kappa shape index (κ3) is 2.23. The van der Waals surface area contributed by atoms with Crippen LogP contribution >= 0.6 is 0 Å². The minimum absolute atomic E-state index is 0.190. The van der Waals surface area contributed by atoms with Gasteiger partial charge < -0.3 is 9.90 Å². The molecule has 15 heavy (non-hydrogen) atoms. The highest BCUT2D eigenvalue weighted by Gasteiger charge is 2.41. The van der Waals surface area contributed by atoms with E-state index in [1.165, 1.54) is 0 Å². The lowest BCUT2D eigenvalue weighted by Gasteiger charge is -2.40. The van der Waals surface area contributed by atoms with Crippen LogP contribution in [0.4, 0.5) is 0 Å². The first kappa shape index (κ1) is 11.1. The van der Waals surface area contributed by atoms with E-state index in [0.717, 1.165) is 51.5 Å². The molecule has 2 rings (SSSR count). The van der Waals surface area contributed by atoms with Crippen LogP contribution in [0.25, 0.3) is 0 Å². The summed E-state index contributed by atoms with van der Waals surface area (Å²) < 4.78 is 0. The fourth-order valence-electron chi connectivity index (χ4n) is 3.14. The van der Waals surface area contributed by atoms with E-state index in [2.05, 4.69) is 4.90 Å². The number of nitrogens with zero attached hydrogens (tertiary/aromatic N) is 1. The molecule has 1 heterocycles. The highest BCUT2D eigenvalue weighted by molar-refractivity contribution is 5.54. The summed E-state index contributed by atoms with van der Waals surface area (Å²) in [6.45, 7) is 3.84. The summed E-state index contributed by atoms with van der Waals surface area (Å²) in [5.41, 5.74) is -0.537. The number of piperidine rings is 1. The van der Waals surface area contributed by atoms with Crippen LogP contribution in [0.3, 0.4) is 0 Å². The summed E-state index contributed by atoms with van der Waals surface area (Å²) in [4.78, 5) is 13.1. The molecule has 1 saturated carbocycles. The molecular formula is C12H21NO2. The van der Waals surface area contributed by atoms with Crippen LogP contribution < -0.4 is 0 Å². The molecule has 1 aliphatic carbocycles. The second-order valence-corrected chi connectivity index (χ2v) is 5.30. The molecule has 2 fully saturated rings. The smallest absolute Gasteiger partial charge is 0.124 e. The summed E-state index contributed by atoms with van der Waals surface area (Å²) in [6, 6.07) is 0.278. The molecule has 3 heteroatoms. The summed E-state index contributed by atoms with van der Waals surface area (Å²) in [5.74, 6) is 0.190. The Kier molecular flexibility index (Phi) is 3.12. The second kappa shape index (κ2) is 4.22. The van der Waals surface area contributed by atoms with Gasteiger partial charge in [0, 0.05) is 18.5 Å². The van der Waals surface area contributed by atoms with Crippen molar-refractivity contribution in [2.45, 2.75) is 50.7 Å². The van der Waals surface area contributed by atoms with Gasteiger partial charge in [0.05, 0.1) is 5.60 Å². The molecule has 1 aliphatic heterocycles. The molecular weight excluding hydrogens is 190 g/mol. The van der Waals surface area contributed by atoms with E-state index >= 15 is 0 Å². The number of likely N-dealkylation sites (tertiary alicyclic amines) is 1. The van der Waals surface area contributed by atoms with Gasteiger partial charge in [0.2, 0.25) is 0 Å². The van der Waals surface area contributed by atoms with Crippen LogP contribution in [0.1, 0.15) is 39.0 Å². The number of hydrogen-bond donors (Lipinski definition) is 1. The van der Waals surface area contributed by atoms with Gasteiger partial charge in [-0.1, -0.05) is 0 Å². The van der Waals surface area contributed by atoms with E-state index in [0.29, 0.717) is 0 Å². The molecule has 0 radical (unpaired) electrons. The lowest BCUT2D eigenvalue weighted by molar-refractivity contribution is -0.114. The average molecular weight is 211 g/mol. The number of carbonyl (C=O) groups excluding carboxylic acids is 1. The zero-order valence-corrected chi connectivity index (χ0v) is 9.48. The van der Waals surface area contributed by atoms with E-state index in [1.54, 1.807) is 0 Å². The lowest BCUT2D eigenvalue weighted by atomic mass is 9.93. The zero-order valence-electron chi connectivity index (χ0n) is 9.48. The van der Waals surface area contributed by atoms with E-state index in [9.17, 15) is 9.90 Å². The van der Waals surface area contributed by atoms with Crippen molar-refractivity contribution in [2.75, 3.05) is 13.1 Å². The van der Waals surface area contributed by atoms with Gasteiger partial charge >= 0.3 is 0 Å². The number of aldehydes is 1. The molecule has 0 spiro atoms. The Bertz CT molecular complexity index is 240. The first-order chi connectivity index (χ1) is 7.13. The van der Waals surface area contributed by atoms with Crippen LogP contribution in [-0.2, 0) is 4.79 Å². The molecule has 0 aromatic carbocycles. The molecule has 3 nitrogen and oxygen atoms in total. The maximum atomic E-state index is 10.8. The van der Waals surface area contributed by atoms with E-state index < -0.39 is 5.60 Å². The molecule has 1 N–H and O–H groups in total. The Balaban J connectivity index is 2.00. The molecule has 3 atom stereocenters. The SMILES string of the molecule is CC1(O)CCCC1N1CCCC(C=O)C1. The van der Waals surface area contributed by atoms with Crippen LogP contribution in [0.15, 0.2) is 0 Å². The Morgan fingerprint density at radius 2 is 2.20 bits per heavy atom. The summed E-state index contributed by atoms with van der Waals surface area (Å²) in [7, 11) is 0. The van der Waals surface area contributed by atoms with Crippen molar-refractivity contribution in [3.63, 3.8) is 0 Å². The molecule has 86 valence electrons. The average Bonchev–Trinajstić information content (AvgIpc) is 2.58. The normalized spacial score (nSPS) is 43.1. The molecule has 1 saturated heterocycles. The maximum Gasteiger partial charge on any atom is 0.124 e. The summed E-state index contributed by atoms with van der Waals surface area (Å²) in [6.07, 6.45) is 6.29. The topological polar surface area (TPSA) is 40.5 Å². The van der Waals surface area contributed by atoms with Gasteiger partial charge in [-0.3, -0.25) is 4.90 Å². The Morgan fingerprint density at radius 3 is 2.80 bits per heavy atom. The summed E-state index contributed by atoms with van der Waals surface area (Å²) in [5, 5.41) is 10.2. The number of hydrogen-bond acceptors (Lipinski definition) is 3. The number of aliphatic hydroxyl groups is 1. The first-order valence-electron chi connectivity index (χ1n) is 6.05. The largest absolute Gasteiger partial charge is 0.389 e. The standard InChI is InChI=1S/C12H21NO2/c1-12(15)6-2-5-11(12)13-7-3-4-10(8-13)9-14/h9-11,15H,2-8H2,1H3. The van der Waals surface area contributed by atoms with Gasteiger partial charge in [0.15, 0.2) is 0 Å². The van der Waals surface area contributed by atoms with Gasteiger partial charge in [0.25, 0.3) is 0 Å². The van der Waals surface area contributed by atoms with Crippen molar-refractivity contribution in [2.24, 2.45) is 5.92 Å². The fourth-order valence-corrected chi connectivity index (χ4v) is 3.14. The van der Waals surface area contributed by atoms with Gasteiger partial charge in [-0.15, -0.1) is 0 Å². The van der Waals surface area contributed by atoms with Crippen LogP contribution in [0.5, 0.6) is 0 Å². The van der Waals surface area contributed by atoms with Crippen LogP contribution in [-0.4, -0.2) is 41.0 Å². The summed E-state index contributed by atoms with van der Waals surface area (Å²) >= 11 is 0. The molecule has 3 unspecified atom stereocenters. The molecule has 0 aromatic heterocycles. The van der Waals surface area contributed by atoms with Gasteiger partial charge in [-0.2, -0.15) is 0 Å². The highest BCUT2D eigenvalue weighted by Crippen LogP contribution is 2.35. The van der Waals surface area contributed by atoms with E-state index in [-0.39, 0.29) is 12.0 Å². The molecule has 0 aromatic rings. The predicted octanol–water partition coefficient (Wildman–Crippen LogP) is 1.20. The van der Waals surface area contributed by atoms with Crippen molar-refractivity contribution >= 4 is 6.29 Å². The zero-order chi connectivity index (χ0) is 10.9. The van der Waals surface area contributed by atoms with Crippen LogP contribution in [0, 0.1) is 5.92 Å². The van der Waals surface area contributed by atoms with Gasteiger partial charge in [-0.05, 0) is 45.6 Å². The van der Waals surface area contributed by atoms with Crippen molar-refractivity contribution in [3.8, 4) is 0 Å². The molecule has 0 amide bonds. The number of rotatable bonds is 2. The Labute approximate surface area is 91.5 Å². The van der Waals surface area contributed by atoms with Crippen molar-refractivity contribution < 1.29 is 9.90 Å². The monoisotopic (exact) mass is 211 g/mol. The van der Waals surface area contributed by atoms with E-state index in [1.807, 2.05) is 6.92 Å². The lowest BCUT2D eigenvalue weighted by Crippen LogP contribution is -2.51. The van der Waals surface area contributed by atoms with Gasteiger partial charge in [0.1, 0.15) is 6.29 Å². The van der Waals surface area contributed by atoms with Crippen molar-refractivity contribution in [1.82, 2.24) is 4.90 Å². The first-order valence-corrected chi connectivity index (χ1v) is 6.05. The van der Waals surface area contributed by atoms with Gasteiger partial charge in [-0.25, -0.2) is 0 Å². The predicted molar refractivity (Wildman–Crippen MR) is 58.6 cm³/mol.